The SMILES string of the molecule is Cc1ccc(F)cc1C(N)c1ccc(Cl)c(Cl)c1. The fourth-order valence-corrected chi connectivity index (χ4v) is 2.14. The normalized spacial score (nSPS) is 12.5. The molecule has 1 atom stereocenters. The number of hydrogen-bond acceptors (Lipinski definition) is 1. The molecule has 0 aliphatic heterocycles. The molecule has 0 spiro atoms. The van der Waals surface area contributed by atoms with Gasteiger partial charge in [-0.1, -0.05) is 35.3 Å². The van der Waals surface area contributed by atoms with E-state index in [-0.39, 0.29) is 5.82 Å². The Hall–Kier alpha value is -1.09. The second kappa shape index (κ2) is 5.27. The standard InChI is InChI=1S/C14H12Cl2FN/c1-8-2-4-10(17)7-11(8)14(18)9-3-5-12(15)13(16)6-9/h2-7,14H,18H2,1H3. The quantitative estimate of drug-likeness (QED) is 0.864. The Labute approximate surface area is 115 Å². The van der Waals surface area contributed by atoms with Crippen molar-refractivity contribution in [2.75, 3.05) is 0 Å². The third-order valence-corrected chi connectivity index (χ3v) is 3.62. The van der Waals surface area contributed by atoms with Crippen molar-refractivity contribution in [3.05, 3.63) is 69.0 Å². The van der Waals surface area contributed by atoms with Crippen LogP contribution in [0.2, 0.25) is 10.0 Å². The summed E-state index contributed by atoms with van der Waals surface area (Å²) in [4.78, 5) is 0. The molecule has 0 bridgehead atoms. The zero-order chi connectivity index (χ0) is 13.3. The largest absolute Gasteiger partial charge is 0.320 e. The van der Waals surface area contributed by atoms with Crippen LogP contribution >= 0.6 is 23.2 Å². The van der Waals surface area contributed by atoms with Gasteiger partial charge in [0.2, 0.25) is 0 Å². The van der Waals surface area contributed by atoms with E-state index in [9.17, 15) is 4.39 Å². The van der Waals surface area contributed by atoms with E-state index in [2.05, 4.69) is 0 Å². The van der Waals surface area contributed by atoms with E-state index >= 15 is 0 Å². The van der Waals surface area contributed by atoms with Crippen LogP contribution in [0.4, 0.5) is 4.39 Å². The van der Waals surface area contributed by atoms with Gasteiger partial charge >= 0.3 is 0 Å². The van der Waals surface area contributed by atoms with Crippen LogP contribution in [0.15, 0.2) is 36.4 Å². The molecule has 0 radical (unpaired) electrons. The predicted molar refractivity (Wildman–Crippen MR) is 73.6 cm³/mol. The van der Waals surface area contributed by atoms with Crippen molar-refractivity contribution in [2.24, 2.45) is 5.73 Å². The zero-order valence-electron chi connectivity index (χ0n) is 9.75. The lowest BCUT2D eigenvalue weighted by atomic mass is 9.96. The molecule has 1 unspecified atom stereocenters. The molecule has 1 nitrogen and oxygen atoms in total. The van der Waals surface area contributed by atoms with Gasteiger partial charge in [-0.25, -0.2) is 4.39 Å². The predicted octanol–water partition coefficient (Wildman–Crippen LogP) is 4.49. The third-order valence-electron chi connectivity index (χ3n) is 2.88. The van der Waals surface area contributed by atoms with E-state index in [0.29, 0.717) is 10.0 Å². The lowest BCUT2D eigenvalue weighted by molar-refractivity contribution is 0.622. The highest BCUT2D eigenvalue weighted by Gasteiger charge is 2.13. The van der Waals surface area contributed by atoms with Crippen LogP contribution in [-0.4, -0.2) is 0 Å². The molecule has 4 heteroatoms. The van der Waals surface area contributed by atoms with Crippen LogP contribution in [0.1, 0.15) is 22.7 Å². The third kappa shape index (κ3) is 2.66. The first kappa shape index (κ1) is 13.3. The number of aryl methyl sites for hydroxylation is 1. The molecule has 0 saturated heterocycles. The molecule has 0 aliphatic rings. The Morgan fingerprint density at radius 1 is 1.06 bits per heavy atom. The molecular formula is C14H12Cl2FN. The highest BCUT2D eigenvalue weighted by molar-refractivity contribution is 6.42. The maximum absolute atomic E-state index is 13.3. The summed E-state index contributed by atoms with van der Waals surface area (Å²) in [5, 5.41) is 0.919. The maximum atomic E-state index is 13.3. The number of halogens is 3. The molecule has 0 aliphatic carbocycles. The molecule has 2 rings (SSSR count). The van der Waals surface area contributed by atoms with Gasteiger partial charge < -0.3 is 5.73 Å². The highest BCUT2D eigenvalue weighted by atomic mass is 35.5. The minimum atomic E-state index is -0.421. The summed E-state index contributed by atoms with van der Waals surface area (Å²) < 4.78 is 13.3. The molecule has 0 heterocycles. The highest BCUT2D eigenvalue weighted by Crippen LogP contribution is 2.29. The van der Waals surface area contributed by atoms with Gasteiger partial charge in [-0.2, -0.15) is 0 Å². The van der Waals surface area contributed by atoms with Crippen molar-refractivity contribution < 1.29 is 4.39 Å². The van der Waals surface area contributed by atoms with Crippen LogP contribution in [0, 0.1) is 12.7 Å². The first-order valence-corrected chi connectivity index (χ1v) is 6.21. The summed E-state index contributed by atoms with van der Waals surface area (Å²) in [6.07, 6.45) is 0. The van der Waals surface area contributed by atoms with Crippen molar-refractivity contribution in [1.29, 1.82) is 0 Å². The Kier molecular flexibility index (Phi) is 3.91. The average Bonchev–Trinajstić information content (AvgIpc) is 2.35. The van der Waals surface area contributed by atoms with Crippen LogP contribution in [-0.2, 0) is 0 Å². The molecular weight excluding hydrogens is 272 g/mol. The fraction of sp³-hybridized carbons (Fsp3) is 0.143. The minimum Gasteiger partial charge on any atom is -0.320 e. The van der Waals surface area contributed by atoms with E-state index in [0.717, 1.165) is 16.7 Å². The molecule has 2 N–H and O–H groups in total. The minimum absolute atomic E-state index is 0.300. The molecule has 94 valence electrons. The van der Waals surface area contributed by atoms with E-state index in [1.165, 1.54) is 12.1 Å². The zero-order valence-corrected chi connectivity index (χ0v) is 11.3. The van der Waals surface area contributed by atoms with Gasteiger partial charge in [0.1, 0.15) is 5.82 Å². The van der Waals surface area contributed by atoms with Crippen molar-refractivity contribution in [1.82, 2.24) is 0 Å². The van der Waals surface area contributed by atoms with Crippen LogP contribution in [0.25, 0.3) is 0 Å². The monoisotopic (exact) mass is 283 g/mol. The number of rotatable bonds is 2. The smallest absolute Gasteiger partial charge is 0.123 e. The lowest BCUT2D eigenvalue weighted by Gasteiger charge is -2.16. The summed E-state index contributed by atoms with van der Waals surface area (Å²) in [5.41, 5.74) is 8.62. The molecule has 2 aromatic carbocycles. The van der Waals surface area contributed by atoms with E-state index in [4.69, 9.17) is 28.9 Å². The second-order valence-electron chi connectivity index (χ2n) is 4.15. The van der Waals surface area contributed by atoms with E-state index in [1.54, 1.807) is 24.3 Å². The molecule has 0 saturated carbocycles. The molecule has 0 fully saturated rings. The van der Waals surface area contributed by atoms with Crippen LogP contribution in [0.5, 0.6) is 0 Å². The molecule has 0 aromatic heterocycles. The van der Waals surface area contributed by atoms with Gasteiger partial charge in [0.05, 0.1) is 16.1 Å². The summed E-state index contributed by atoms with van der Waals surface area (Å²) in [6, 6.07) is 9.34. The lowest BCUT2D eigenvalue weighted by Crippen LogP contribution is -2.13. The Morgan fingerprint density at radius 2 is 1.78 bits per heavy atom. The summed E-state index contributed by atoms with van der Waals surface area (Å²) in [7, 11) is 0. The van der Waals surface area contributed by atoms with E-state index in [1.807, 2.05) is 6.92 Å². The summed E-state index contributed by atoms with van der Waals surface area (Å²) in [5.74, 6) is -0.300. The summed E-state index contributed by atoms with van der Waals surface area (Å²) >= 11 is 11.8. The molecule has 0 amide bonds. The van der Waals surface area contributed by atoms with Crippen molar-refractivity contribution in [3.63, 3.8) is 0 Å². The fourth-order valence-electron chi connectivity index (χ4n) is 1.83. The van der Waals surface area contributed by atoms with E-state index < -0.39 is 6.04 Å². The van der Waals surface area contributed by atoms with Crippen molar-refractivity contribution in [2.45, 2.75) is 13.0 Å². The van der Waals surface area contributed by atoms with Gasteiger partial charge in [-0.15, -0.1) is 0 Å². The van der Waals surface area contributed by atoms with Gasteiger partial charge in [-0.3, -0.25) is 0 Å². The Bertz CT molecular complexity index is 584. The Balaban J connectivity index is 2.44. The maximum Gasteiger partial charge on any atom is 0.123 e. The second-order valence-corrected chi connectivity index (χ2v) is 4.97. The van der Waals surface area contributed by atoms with Crippen molar-refractivity contribution in [3.8, 4) is 0 Å². The Morgan fingerprint density at radius 3 is 2.44 bits per heavy atom. The number of benzene rings is 2. The first-order chi connectivity index (χ1) is 8.49. The van der Waals surface area contributed by atoms with Crippen LogP contribution in [0.3, 0.4) is 0 Å². The van der Waals surface area contributed by atoms with Crippen LogP contribution < -0.4 is 5.73 Å². The van der Waals surface area contributed by atoms with Gasteiger partial charge in [0.25, 0.3) is 0 Å². The van der Waals surface area contributed by atoms with Gasteiger partial charge in [-0.05, 0) is 47.9 Å². The topological polar surface area (TPSA) is 26.0 Å². The number of nitrogens with two attached hydrogens (primary N) is 1. The van der Waals surface area contributed by atoms with Gasteiger partial charge in [0.15, 0.2) is 0 Å². The molecule has 2 aromatic rings. The average molecular weight is 284 g/mol. The summed E-state index contributed by atoms with van der Waals surface area (Å²) in [6.45, 7) is 1.89. The molecule has 18 heavy (non-hydrogen) atoms. The van der Waals surface area contributed by atoms with Crippen molar-refractivity contribution >= 4 is 23.2 Å². The van der Waals surface area contributed by atoms with Gasteiger partial charge in [0, 0.05) is 0 Å². The number of hydrogen-bond donors (Lipinski definition) is 1. The first-order valence-electron chi connectivity index (χ1n) is 5.45.